The summed E-state index contributed by atoms with van der Waals surface area (Å²) in [6.07, 6.45) is 2.67. The molecule has 1 aromatic carbocycles. The zero-order valence-corrected chi connectivity index (χ0v) is 19.7. The van der Waals surface area contributed by atoms with E-state index in [2.05, 4.69) is 33.4 Å². The summed E-state index contributed by atoms with van der Waals surface area (Å²) < 4.78 is 5.38. The van der Waals surface area contributed by atoms with E-state index in [0.717, 1.165) is 99.7 Å². The van der Waals surface area contributed by atoms with Gasteiger partial charge in [0.1, 0.15) is 5.82 Å². The van der Waals surface area contributed by atoms with Crippen molar-refractivity contribution in [2.24, 2.45) is 5.92 Å². The highest BCUT2D eigenvalue weighted by Gasteiger charge is 2.25. The topological polar surface area (TPSA) is 86.8 Å². The first-order chi connectivity index (χ1) is 16.0. The van der Waals surface area contributed by atoms with Crippen molar-refractivity contribution in [2.75, 3.05) is 62.7 Å². The van der Waals surface area contributed by atoms with E-state index in [9.17, 15) is 9.59 Å². The van der Waals surface area contributed by atoms with Crippen LogP contribution in [0.25, 0.3) is 10.9 Å². The van der Waals surface area contributed by atoms with Gasteiger partial charge in [0.2, 0.25) is 11.8 Å². The Morgan fingerprint density at radius 1 is 1.12 bits per heavy atom. The van der Waals surface area contributed by atoms with Crippen molar-refractivity contribution in [2.45, 2.75) is 33.1 Å². The lowest BCUT2D eigenvalue weighted by Crippen LogP contribution is -2.42. The second-order valence-electron chi connectivity index (χ2n) is 9.07. The van der Waals surface area contributed by atoms with Gasteiger partial charge < -0.3 is 20.3 Å². The molecule has 33 heavy (non-hydrogen) atoms. The molecule has 0 unspecified atom stereocenters. The van der Waals surface area contributed by atoms with Gasteiger partial charge in [0, 0.05) is 56.6 Å². The first-order valence-electron chi connectivity index (χ1n) is 12.0. The third-order valence-corrected chi connectivity index (χ3v) is 6.57. The van der Waals surface area contributed by atoms with Gasteiger partial charge in [-0.15, -0.1) is 0 Å². The van der Waals surface area contributed by atoms with Crippen LogP contribution in [0.4, 0.5) is 11.5 Å². The number of fused-ring (bicyclic) bond motifs is 1. The number of hydrogen-bond donors (Lipinski definition) is 2. The Bertz CT molecular complexity index is 981. The van der Waals surface area contributed by atoms with E-state index >= 15 is 0 Å². The monoisotopic (exact) mass is 453 g/mol. The van der Waals surface area contributed by atoms with Gasteiger partial charge >= 0.3 is 0 Å². The Morgan fingerprint density at radius 2 is 1.88 bits per heavy atom. The minimum absolute atomic E-state index is 0.0754. The molecule has 2 aliphatic rings. The Kier molecular flexibility index (Phi) is 7.77. The number of benzene rings is 1. The molecule has 8 heteroatoms. The molecular weight excluding hydrogens is 418 g/mol. The molecule has 2 aromatic rings. The van der Waals surface area contributed by atoms with Crippen LogP contribution in [0.15, 0.2) is 24.3 Å². The number of rotatable bonds is 7. The summed E-state index contributed by atoms with van der Waals surface area (Å²) in [5, 5.41) is 7.01. The summed E-state index contributed by atoms with van der Waals surface area (Å²) in [7, 11) is 0. The molecule has 0 aliphatic carbocycles. The second-order valence-corrected chi connectivity index (χ2v) is 9.07. The van der Waals surface area contributed by atoms with Crippen LogP contribution in [0.2, 0.25) is 0 Å². The summed E-state index contributed by atoms with van der Waals surface area (Å²) in [5.74, 6) is 1.13. The zero-order chi connectivity index (χ0) is 23.2. The number of carbonyl (C=O) groups excluding carboxylic acids is 2. The quantitative estimate of drug-likeness (QED) is 0.627. The molecule has 2 amide bonds. The second kappa shape index (κ2) is 10.9. The number of amides is 2. The molecule has 0 radical (unpaired) electrons. The van der Waals surface area contributed by atoms with E-state index in [1.54, 1.807) is 0 Å². The lowest BCUT2D eigenvalue weighted by atomic mass is 9.95. The highest BCUT2D eigenvalue weighted by Crippen LogP contribution is 2.28. The fourth-order valence-electron chi connectivity index (χ4n) is 4.67. The van der Waals surface area contributed by atoms with Crippen molar-refractivity contribution in [3.63, 3.8) is 0 Å². The van der Waals surface area contributed by atoms with Crippen LogP contribution in [0.1, 0.15) is 31.7 Å². The van der Waals surface area contributed by atoms with E-state index in [4.69, 9.17) is 9.72 Å². The van der Waals surface area contributed by atoms with E-state index in [1.807, 2.05) is 18.2 Å². The molecule has 0 spiro atoms. The van der Waals surface area contributed by atoms with Crippen molar-refractivity contribution in [1.29, 1.82) is 0 Å². The number of anilines is 2. The predicted molar refractivity (Wildman–Crippen MR) is 131 cm³/mol. The number of morpholine rings is 1. The van der Waals surface area contributed by atoms with Gasteiger partial charge in [-0.25, -0.2) is 4.98 Å². The predicted octanol–water partition coefficient (Wildman–Crippen LogP) is 2.56. The molecule has 0 saturated carbocycles. The molecule has 2 fully saturated rings. The van der Waals surface area contributed by atoms with Crippen molar-refractivity contribution in [3.05, 3.63) is 29.8 Å². The summed E-state index contributed by atoms with van der Waals surface area (Å²) in [4.78, 5) is 33.5. The van der Waals surface area contributed by atoms with Crippen LogP contribution >= 0.6 is 0 Å². The van der Waals surface area contributed by atoms with Crippen molar-refractivity contribution in [1.82, 2.24) is 15.2 Å². The SMILES string of the molecule is CC(=O)Nc1ccc2nc(N3CCC(C(=O)NCCCN4CCOCC4)CC3)cc(C)c2c1. The molecule has 2 aliphatic heterocycles. The number of nitrogens with zero attached hydrogens (tertiary/aromatic N) is 3. The number of pyridine rings is 1. The molecular formula is C25H35N5O3. The van der Waals surface area contributed by atoms with E-state index in [0.29, 0.717) is 0 Å². The maximum atomic E-state index is 12.6. The largest absolute Gasteiger partial charge is 0.379 e. The summed E-state index contributed by atoms with van der Waals surface area (Å²) >= 11 is 0. The molecule has 4 rings (SSSR count). The molecule has 0 bridgehead atoms. The van der Waals surface area contributed by atoms with Crippen LogP contribution in [0.5, 0.6) is 0 Å². The molecule has 3 heterocycles. The van der Waals surface area contributed by atoms with Gasteiger partial charge in [-0.3, -0.25) is 14.5 Å². The van der Waals surface area contributed by atoms with E-state index < -0.39 is 0 Å². The maximum absolute atomic E-state index is 12.6. The molecule has 1 aromatic heterocycles. The van der Waals surface area contributed by atoms with Crippen LogP contribution in [0.3, 0.4) is 0 Å². The summed E-state index contributed by atoms with van der Waals surface area (Å²) in [6.45, 7) is 10.6. The number of aromatic nitrogens is 1. The molecule has 8 nitrogen and oxygen atoms in total. The number of nitrogens with one attached hydrogen (secondary N) is 2. The third kappa shape index (κ3) is 6.21. The molecule has 178 valence electrons. The normalized spacial score (nSPS) is 17.8. The molecule has 2 saturated heterocycles. The highest BCUT2D eigenvalue weighted by molar-refractivity contribution is 5.93. The standard InChI is InChI=1S/C25H35N5O3/c1-18-16-24(28-23-5-4-21(17-22(18)23)27-19(2)31)30-10-6-20(7-11-30)25(32)26-8-3-9-29-12-14-33-15-13-29/h4-5,16-17,20H,3,6-15H2,1-2H3,(H,26,32)(H,27,31). The fourth-order valence-corrected chi connectivity index (χ4v) is 4.67. The van der Waals surface area contributed by atoms with E-state index in [-0.39, 0.29) is 17.7 Å². The number of ether oxygens (including phenoxy) is 1. The van der Waals surface area contributed by atoms with Gasteiger partial charge in [0.05, 0.1) is 18.7 Å². The number of piperidine rings is 1. The van der Waals surface area contributed by atoms with Crippen molar-refractivity contribution >= 4 is 34.2 Å². The van der Waals surface area contributed by atoms with Gasteiger partial charge in [0.25, 0.3) is 0 Å². The lowest BCUT2D eigenvalue weighted by Gasteiger charge is -2.32. The minimum atomic E-state index is -0.0828. The smallest absolute Gasteiger partial charge is 0.223 e. The first kappa shape index (κ1) is 23.4. The number of hydrogen-bond acceptors (Lipinski definition) is 6. The fraction of sp³-hybridized carbons (Fsp3) is 0.560. The zero-order valence-electron chi connectivity index (χ0n) is 19.7. The van der Waals surface area contributed by atoms with Crippen LogP contribution in [-0.4, -0.2) is 74.2 Å². The number of aryl methyl sites for hydroxylation is 1. The van der Waals surface area contributed by atoms with Crippen LogP contribution in [0, 0.1) is 12.8 Å². The Labute approximate surface area is 195 Å². The van der Waals surface area contributed by atoms with Gasteiger partial charge in [-0.1, -0.05) is 0 Å². The average molecular weight is 454 g/mol. The maximum Gasteiger partial charge on any atom is 0.223 e. The van der Waals surface area contributed by atoms with Crippen molar-refractivity contribution < 1.29 is 14.3 Å². The highest BCUT2D eigenvalue weighted by atomic mass is 16.5. The summed E-state index contributed by atoms with van der Waals surface area (Å²) in [5.41, 5.74) is 2.82. The number of carbonyl (C=O) groups is 2. The Balaban J connectivity index is 1.27. The Hall–Kier alpha value is -2.71. The Morgan fingerprint density at radius 3 is 2.61 bits per heavy atom. The van der Waals surface area contributed by atoms with Gasteiger partial charge in [0.15, 0.2) is 0 Å². The molecule has 0 atom stereocenters. The van der Waals surface area contributed by atoms with Gasteiger partial charge in [-0.05, 0) is 62.6 Å². The van der Waals surface area contributed by atoms with Crippen LogP contribution in [-0.2, 0) is 14.3 Å². The van der Waals surface area contributed by atoms with Gasteiger partial charge in [-0.2, -0.15) is 0 Å². The summed E-state index contributed by atoms with van der Waals surface area (Å²) in [6, 6.07) is 7.91. The molecule has 2 N–H and O–H groups in total. The minimum Gasteiger partial charge on any atom is -0.379 e. The first-order valence-corrected chi connectivity index (χ1v) is 12.0. The third-order valence-electron chi connectivity index (χ3n) is 6.57. The average Bonchev–Trinajstić information content (AvgIpc) is 2.82. The van der Waals surface area contributed by atoms with Crippen molar-refractivity contribution in [3.8, 4) is 0 Å². The lowest BCUT2D eigenvalue weighted by molar-refractivity contribution is -0.125. The van der Waals surface area contributed by atoms with E-state index in [1.165, 1.54) is 6.92 Å². The van der Waals surface area contributed by atoms with Crippen LogP contribution < -0.4 is 15.5 Å².